The maximum atomic E-state index is 9.93. The largest absolute Gasteiger partial charge is 0.467 e. The molecule has 0 unspecified atom stereocenters. The molecule has 31 heavy (non-hydrogen) atoms. The maximum absolute atomic E-state index is 9.93. The van der Waals surface area contributed by atoms with Gasteiger partial charge in [-0.1, -0.05) is 25.1 Å². The highest BCUT2D eigenvalue weighted by Gasteiger charge is 2.19. The number of oxime groups is 1. The molecule has 1 N–H and O–H groups in total. The van der Waals surface area contributed by atoms with Crippen LogP contribution in [0.25, 0.3) is 0 Å². The zero-order valence-electron chi connectivity index (χ0n) is 19.0. The van der Waals surface area contributed by atoms with Gasteiger partial charge in [0.2, 0.25) is 0 Å². The first-order chi connectivity index (χ1) is 15.1. The van der Waals surface area contributed by atoms with Crippen molar-refractivity contribution in [1.82, 2.24) is 9.88 Å². The van der Waals surface area contributed by atoms with Crippen molar-refractivity contribution in [2.75, 3.05) is 26.3 Å². The van der Waals surface area contributed by atoms with E-state index in [0.717, 1.165) is 56.8 Å². The Morgan fingerprint density at radius 1 is 1.32 bits per heavy atom. The Morgan fingerprint density at radius 2 is 2.19 bits per heavy atom. The van der Waals surface area contributed by atoms with Crippen LogP contribution in [0.1, 0.15) is 55.5 Å². The van der Waals surface area contributed by atoms with Crippen molar-refractivity contribution < 1.29 is 19.1 Å². The number of ether oxygens (including phenoxy) is 1. The number of fused-ring (bicyclic) bond motifs is 1. The molecule has 1 aliphatic rings. The highest BCUT2D eigenvalue weighted by atomic mass is 16.6. The molecule has 0 radical (unpaired) electrons. The first-order valence-corrected chi connectivity index (χ1v) is 11.3. The van der Waals surface area contributed by atoms with Crippen molar-refractivity contribution in [3.63, 3.8) is 0 Å². The van der Waals surface area contributed by atoms with Gasteiger partial charge < -0.3 is 19.1 Å². The first kappa shape index (κ1) is 23.4. The first-order valence-electron chi connectivity index (χ1n) is 11.3. The van der Waals surface area contributed by atoms with Gasteiger partial charge in [-0.2, -0.15) is 0 Å². The number of pyridine rings is 1. The third-order valence-corrected chi connectivity index (χ3v) is 5.55. The molecule has 170 valence electrons. The maximum Gasteiger partial charge on any atom is 0.145 e. The zero-order chi connectivity index (χ0) is 22.1. The quantitative estimate of drug-likeness (QED) is 0.411. The highest BCUT2D eigenvalue weighted by molar-refractivity contribution is 5.81. The van der Waals surface area contributed by atoms with Crippen LogP contribution in [-0.4, -0.2) is 53.1 Å². The van der Waals surface area contributed by atoms with Crippen molar-refractivity contribution in [1.29, 1.82) is 0 Å². The number of furan rings is 1. The minimum absolute atomic E-state index is 0.109. The van der Waals surface area contributed by atoms with E-state index >= 15 is 0 Å². The molecule has 2 aromatic rings. The second-order valence-electron chi connectivity index (χ2n) is 8.05. The average molecular weight is 430 g/mol. The molecule has 0 bridgehead atoms. The minimum Gasteiger partial charge on any atom is -0.467 e. The van der Waals surface area contributed by atoms with E-state index in [0.29, 0.717) is 6.61 Å². The monoisotopic (exact) mass is 429 g/mol. The second kappa shape index (κ2) is 12.0. The number of aryl methyl sites for hydroxylation is 2. The molecule has 0 fully saturated rings. The lowest BCUT2D eigenvalue weighted by atomic mass is 9.99. The average Bonchev–Trinajstić information content (AvgIpc) is 3.30. The summed E-state index contributed by atoms with van der Waals surface area (Å²) < 4.78 is 10.6. The molecule has 0 saturated carbocycles. The van der Waals surface area contributed by atoms with Gasteiger partial charge in [0.15, 0.2) is 0 Å². The Labute approximate surface area is 185 Å². The second-order valence-corrected chi connectivity index (χ2v) is 8.05. The molecule has 1 aliphatic heterocycles. The van der Waals surface area contributed by atoms with Crippen molar-refractivity contribution in [2.24, 2.45) is 5.16 Å². The normalized spacial score (nSPS) is 15.7. The number of aliphatic hydroxyl groups excluding tert-OH is 1. The molecule has 0 amide bonds. The number of nitrogens with zero attached hydrogens (tertiary/aromatic N) is 3. The number of aromatic nitrogens is 1. The Bertz CT molecular complexity index is 836. The number of hydrogen-bond donors (Lipinski definition) is 1. The molecule has 3 heterocycles. The highest BCUT2D eigenvalue weighted by Crippen LogP contribution is 2.21. The fourth-order valence-electron chi connectivity index (χ4n) is 3.76. The van der Waals surface area contributed by atoms with Crippen molar-refractivity contribution in [3.8, 4) is 0 Å². The third-order valence-electron chi connectivity index (χ3n) is 5.55. The van der Waals surface area contributed by atoms with Gasteiger partial charge in [-0.05, 0) is 43.0 Å². The molecule has 3 rings (SSSR count). The molecule has 7 heteroatoms. The van der Waals surface area contributed by atoms with E-state index in [1.165, 1.54) is 22.5 Å². The summed E-state index contributed by atoms with van der Waals surface area (Å²) in [4.78, 5) is 12.7. The van der Waals surface area contributed by atoms with Crippen LogP contribution in [0.5, 0.6) is 0 Å². The number of rotatable bonds is 12. The molecule has 0 saturated heterocycles. The van der Waals surface area contributed by atoms with E-state index in [2.05, 4.69) is 30.0 Å². The van der Waals surface area contributed by atoms with Gasteiger partial charge in [0.1, 0.15) is 25.1 Å². The SMILES string of the molecule is CCc1cc2c(nc1CC)CCN(CCC(C)=NOC[C@@H](O)COCc1ccco1)C2. The van der Waals surface area contributed by atoms with Gasteiger partial charge in [0.05, 0.1) is 18.6 Å². The molecule has 7 nitrogen and oxygen atoms in total. The summed E-state index contributed by atoms with van der Waals surface area (Å²) in [5.41, 5.74) is 6.18. The smallest absolute Gasteiger partial charge is 0.145 e. The van der Waals surface area contributed by atoms with E-state index < -0.39 is 6.10 Å². The number of hydrogen-bond acceptors (Lipinski definition) is 7. The lowest BCUT2D eigenvalue weighted by Gasteiger charge is -2.29. The summed E-state index contributed by atoms with van der Waals surface area (Å²) in [6.07, 6.45) is 4.75. The topological polar surface area (TPSA) is 80.3 Å². The van der Waals surface area contributed by atoms with Crippen molar-refractivity contribution in [3.05, 3.63) is 52.7 Å². The fraction of sp³-hybridized carbons (Fsp3) is 0.583. The lowest BCUT2D eigenvalue weighted by molar-refractivity contribution is -0.0254. The Balaban J connectivity index is 1.36. The molecule has 0 aliphatic carbocycles. The molecular formula is C24H35N3O4. The standard InChI is InChI=1S/C24H35N3O4/c1-4-19-13-20-14-27(11-9-24(20)25-23(19)5-2)10-8-18(3)26-31-16-21(28)15-29-17-22-7-6-12-30-22/h6-7,12-13,21,28H,4-5,8-11,14-17H2,1-3H3/t21-/m0/s1. The van der Waals surface area contributed by atoms with Gasteiger partial charge in [-0.15, -0.1) is 0 Å². The summed E-state index contributed by atoms with van der Waals surface area (Å²) >= 11 is 0. The molecular weight excluding hydrogens is 394 g/mol. The Morgan fingerprint density at radius 3 is 2.94 bits per heavy atom. The van der Waals surface area contributed by atoms with Crippen LogP contribution >= 0.6 is 0 Å². The number of aliphatic hydroxyl groups is 1. The summed E-state index contributed by atoms with van der Waals surface area (Å²) in [7, 11) is 0. The van der Waals surface area contributed by atoms with Gasteiger partial charge in [0, 0.05) is 43.9 Å². The van der Waals surface area contributed by atoms with E-state index in [9.17, 15) is 5.11 Å². The summed E-state index contributed by atoms with van der Waals surface area (Å²) in [5, 5.41) is 14.1. The summed E-state index contributed by atoms with van der Waals surface area (Å²) in [6.45, 7) is 9.86. The third kappa shape index (κ3) is 7.16. The lowest BCUT2D eigenvalue weighted by Crippen LogP contribution is -2.33. The van der Waals surface area contributed by atoms with Crippen LogP contribution in [0.4, 0.5) is 0 Å². The molecule has 0 spiro atoms. The van der Waals surface area contributed by atoms with Crippen LogP contribution in [0.3, 0.4) is 0 Å². The van der Waals surface area contributed by atoms with Gasteiger partial charge in [-0.3, -0.25) is 9.88 Å². The van der Waals surface area contributed by atoms with Crippen LogP contribution < -0.4 is 0 Å². The zero-order valence-corrected chi connectivity index (χ0v) is 19.0. The Hall–Kier alpha value is -2.22. The van der Waals surface area contributed by atoms with Crippen LogP contribution in [0.2, 0.25) is 0 Å². The van der Waals surface area contributed by atoms with E-state index in [1.54, 1.807) is 12.3 Å². The van der Waals surface area contributed by atoms with Crippen LogP contribution in [0, 0.1) is 0 Å². The predicted octanol–water partition coefficient (Wildman–Crippen LogP) is 3.52. The summed E-state index contributed by atoms with van der Waals surface area (Å²) in [6, 6.07) is 5.99. The van der Waals surface area contributed by atoms with E-state index in [-0.39, 0.29) is 13.2 Å². The van der Waals surface area contributed by atoms with Gasteiger partial charge in [0.25, 0.3) is 0 Å². The van der Waals surface area contributed by atoms with Crippen molar-refractivity contribution >= 4 is 5.71 Å². The molecule has 0 aromatic carbocycles. The van der Waals surface area contributed by atoms with Gasteiger partial charge in [-0.25, -0.2) is 0 Å². The fourth-order valence-corrected chi connectivity index (χ4v) is 3.76. The Kier molecular flexibility index (Phi) is 9.06. The summed E-state index contributed by atoms with van der Waals surface area (Å²) in [5.74, 6) is 0.731. The minimum atomic E-state index is -0.724. The van der Waals surface area contributed by atoms with Crippen LogP contribution in [-0.2, 0) is 42.0 Å². The predicted molar refractivity (Wildman–Crippen MR) is 120 cm³/mol. The van der Waals surface area contributed by atoms with E-state index in [1.807, 2.05) is 13.0 Å². The molecule has 2 aromatic heterocycles. The van der Waals surface area contributed by atoms with Crippen LogP contribution in [0.15, 0.2) is 34.0 Å². The van der Waals surface area contributed by atoms with Gasteiger partial charge >= 0.3 is 0 Å². The van der Waals surface area contributed by atoms with E-state index in [4.69, 9.17) is 19.0 Å². The molecule has 1 atom stereocenters. The van der Waals surface area contributed by atoms with Crippen molar-refractivity contribution in [2.45, 2.75) is 65.7 Å².